The number of sulfonamides is 2. The lowest BCUT2D eigenvalue weighted by Crippen LogP contribution is -2.34. The summed E-state index contributed by atoms with van der Waals surface area (Å²) in [7, 11) is -7.40. The predicted octanol–water partition coefficient (Wildman–Crippen LogP) is 2.41. The summed E-state index contributed by atoms with van der Waals surface area (Å²) in [6, 6.07) is 18.8. The number of aryl methyl sites for hydroxylation is 1. The SMILES string of the molecule is Cc1ccc(S(=O)(=O)NCCNS(=O)(=O)c2ccc3ccccc3c2)cc1. The lowest BCUT2D eigenvalue weighted by atomic mass is 10.1. The molecule has 0 atom stereocenters. The summed E-state index contributed by atoms with van der Waals surface area (Å²) in [6.45, 7) is 1.76. The van der Waals surface area contributed by atoms with Gasteiger partial charge >= 0.3 is 0 Å². The molecule has 27 heavy (non-hydrogen) atoms. The van der Waals surface area contributed by atoms with E-state index in [4.69, 9.17) is 0 Å². The van der Waals surface area contributed by atoms with Crippen molar-refractivity contribution < 1.29 is 16.8 Å². The lowest BCUT2D eigenvalue weighted by molar-refractivity contribution is 0.570. The van der Waals surface area contributed by atoms with Crippen LogP contribution in [0.25, 0.3) is 10.8 Å². The first-order valence-corrected chi connectivity index (χ1v) is 11.3. The Labute approximate surface area is 159 Å². The molecule has 3 aromatic rings. The van der Waals surface area contributed by atoms with Gasteiger partial charge in [0, 0.05) is 13.1 Å². The van der Waals surface area contributed by atoms with E-state index in [1.165, 1.54) is 18.2 Å². The van der Waals surface area contributed by atoms with Crippen LogP contribution < -0.4 is 9.44 Å². The number of benzene rings is 3. The van der Waals surface area contributed by atoms with E-state index < -0.39 is 20.0 Å². The summed E-state index contributed by atoms with van der Waals surface area (Å²) < 4.78 is 54.0. The maximum atomic E-state index is 12.4. The van der Waals surface area contributed by atoms with Crippen molar-refractivity contribution in [1.29, 1.82) is 0 Å². The van der Waals surface area contributed by atoms with Gasteiger partial charge in [0.25, 0.3) is 0 Å². The van der Waals surface area contributed by atoms with Gasteiger partial charge in [0.15, 0.2) is 0 Å². The molecule has 0 amide bonds. The van der Waals surface area contributed by atoms with Gasteiger partial charge in [-0.2, -0.15) is 0 Å². The molecule has 0 radical (unpaired) electrons. The first-order chi connectivity index (χ1) is 12.8. The van der Waals surface area contributed by atoms with Crippen LogP contribution in [0.1, 0.15) is 5.56 Å². The van der Waals surface area contributed by atoms with Crippen LogP contribution in [0.5, 0.6) is 0 Å². The predicted molar refractivity (Wildman–Crippen MR) is 106 cm³/mol. The summed E-state index contributed by atoms with van der Waals surface area (Å²) in [5, 5.41) is 1.77. The highest BCUT2D eigenvalue weighted by Crippen LogP contribution is 2.18. The lowest BCUT2D eigenvalue weighted by Gasteiger charge is -2.09. The molecule has 0 bridgehead atoms. The molecule has 0 saturated carbocycles. The highest BCUT2D eigenvalue weighted by atomic mass is 32.2. The van der Waals surface area contributed by atoms with Crippen molar-refractivity contribution in [3.05, 3.63) is 72.3 Å². The third-order valence-electron chi connectivity index (χ3n) is 4.07. The van der Waals surface area contributed by atoms with Gasteiger partial charge in [-0.3, -0.25) is 0 Å². The number of rotatable bonds is 7. The normalized spacial score (nSPS) is 12.3. The number of hydrogen-bond acceptors (Lipinski definition) is 4. The van der Waals surface area contributed by atoms with Crippen LogP contribution in [0.4, 0.5) is 0 Å². The van der Waals surface area contributed by atoms with Crippen molar-refractivity contribution in [2.75, 3.05) is 13.1 Å². The minimum absolute atomic E-state index is 0.0526. The van der Waals surface area contributed by atoms with E-state index in [1.54, 1.807) is 24.3 Å². The average Bonchev–Trinajstić information content (AvgIpc) is 2.65. The maximum Gasteiger partial charge on any atom is 0.240 e. The zero-order valence-electron chi connectivity index (χ0n) is 14.7. The monoisotopic (exact) mass is 404 g/mol. The van der Waals surface area contributed by atoms with E-state index in [0.29, 0.717) is 0 Å². The van der Waals surface area contributed by atoms with Crippen molar-refractivity contribution in [1.82, 2.24) is 9.44 Å². The topological polar surface area (TPSA) is 92.3 Å². The molecule has 2 N–H and O–H groups in total. The van der Waals surface area contributed by atoms with Crippen molar-refractivity contribution in [3.63, 3.8) is 0 Å². The summed E-state index contributed by atoms with van der Waals surface area (Å²) >= 11 is 0. The van der Waals surface area contributed by atoms with Gasteiger partial charge in [0.1, 0.15) is 0 Å². The van der Waals surface area contributed by atoms with E-state index in [2.05, 4.69) is 9.44 Å². The van der Waals surface area contributed by atoms with E-state index in [9.17, 15) is 16.8 Å². The standard InChI is InChI=1S/C19H20N2O4S2/c1-15-6-9-18(10-7-15)26(22,23)20-12-13-21-27(24,25)19-11-8-16-4-2-3-5-17(16)14-19/h2-11,14,20-21H,12-13H2,1H3. The van der Waals surface area contributed by atoms with Crippen molar-refractivity contribution >= 4 is 30.8 Å². The Morgan fingerprint density at radius 2 is 1.19 bits per heavy atom. The van der Waals surface area contributed by atoms with Crippen LogP contribution in [0.2, 0.25) is 0 Å². The van der Waals surface area contributed by atoms with E-state index in [0.717, 1.165) is 16.3 Å². The molecule has 0 spiro atoms. The van der Waals surface area contributed by atoms with E-state index in [1.807, 2.05) is 31.2 Å². The Bertz CT molecular complexity index is 1160. The first-order valence-electron chi connectivity index (χ1n) is 8.33. The molecular formula is C19H20N2O4S2. The molecule has 6 nitrogen and oxygen atoms in total. The van der Waals surface area contributed by atoms with Crippen molar-refractivity contribution in [2.24, 2.45) is 0 Å². The Morgan fingerprint density at radius 3 is 1.81 bits per heavy atom. The maximum absolute atomic E-state index is 12.4. The molecule has 8 heteroatoms. The summed E-state index contributed by atoms with van der Waals surface area (Å²) in [5.41, 5.74) is 0.956. The fraction of sp³-hybridized carbons (Fsp3) is 0.158. The van der Waals surface area contributed by atoms with Crippen LogP contribution in [-0.4, -0.2) is 29.9 Å². The Balaban J connectivity index is 1.62. The highest BCUT2D eigenvalue weighted by Gasteiger charge is 2.16. The third-order valence-corrected chi connectivity index (χ3v) is 7.01. The summed E-state index contributed by atoms with van der Waals surface area (Å²) in [5.74, 6) is 0. The fourth-order valence-electron chi connectivity index (χ4n) is 2.59. The molecule has 3 aromatic carbocycles. The van der Waals surface area contributed by atoms with E-state index in [-0.39, 0.29) is 22.9 Å². The van der Waals surface area contributed by atoms with Gasteiger partial charge in [0.2, 0.25) is 20.0 Å². The van der Waals surface area contributed by atoms with Gasteiger partial charge in [-0.25, -0.2) is 26.3 Å². The molecule has 0 aromatic heterocycles. The zero-order chi connectivity index (χ0) is 19.5. The molecule has 0 aliphatic heterocycles. The summed E-state index contributed by atoms with van der Waals surface area (Å²) in [4.78, 5) is 0.285. The van der Waals surface area contributed by atoms with Gasteiger partial charge in [-0.1, -0.05) is 48.0 Å². The molecule has 142 valence electrons. The molecule has 0 unspecified atom stereocenters. The Hall–Kier alpha value is -2.26. The molecule has 0 saturated heterocycles. The second-order valence-corrected chi connectivity index (χ2v) is 9.65. The first kappa shape index (κ1) is 19.5. The Kier molecular flexibility index (Phi) is 5.61. The molecule has 0 heterocycles. The minimum Gasteiger partial charge on any atom is -0.210 e. The highest BCUT2D eigenvalue weighted by molar-refractivity contribution is 7.90. The second-order valence-electron chi connectivity index (χ2n) is 6.12. The van der Waals surface area contributed by atoms with Crippen molar-refractivity contribution in [2.45, 2.75) is 16.7 Å². The molecule has 0 aliphatic rings. The van der Waals surface area contributed by atoms with Crippen LogP contribution >= 0.6 is 0 Å². The second kappa shape index (κ2) is 7.77. The van der Waals surface area contributed by atoms with Gasteiger partial charge in [-0.15, -0.1) is 0 Å². The largest absolute Gasteiger partial charge is 0.240 e. The molecule has 0 fully saturated rings. The van der Waals surface area contributed by atoms with Gasteiger partial charge in [0.05, 0.1) is 9.79 Å². The number of nitrogens with one attached hydrogen (secondary N) is 2. The van der Waals surface area contributed by atoms with Crippen LogP contribution in [0.15, 0.2) is 76.5 Å². The van der Waals surface area contributed by atoms with Crippen molar-refractivity contribution in [3.8, 4) is 0 Å². The Morgan fingerprint density at radius 1 is 0.667 bits per heavy atom. The van der Waals surface area contributed by atoms with Crippen LogP contribution in [-0.2, 0) is 20.0 Å². The summed E-state index contributed by atoms with van der Waals surface area (Å²) in [6.07, 6.45) is 0. The zero-order valence-corrected chi connectivity index (χ0v) is 16.3. The van der Waals surface area contributed by atoms with Gasteiger partial charge < -0.3 is 0 Å². The smallest absolute Gasteiger partial charge is 0.210 e. The minimum atomic E-state index is -3.72. The molecule has 0 aliphatic carbocycles. The fourth-order valence-corrected chi connectivity index (χ4v) is 4.69. The average molecular weight is 405 g/mol. The molecule has 3 rings (SSSR count). The van der Waals surface area contributed by atoms with E-state index >= 15 is 0 Å². The third kappa shape index (κ3) is 4.72. The van der Waals surface area contributed by atoms with Crippen LogP contribution in [0.3, 0.4) is 0 Å². The van der Waals surface area contributed by atoms with Crippen LogP contribution in [0, 0.1) is 6.92 Å². The van der Waals surface area contributed by atoms with Gasteiger partial charge in [-0.05, 0) is 42.0 Å². The number of hydrogen-bond donors (Lipinski definition) is 2. The molecular weight excluding hydrogens is 384 g/mol. The number of fused-ring (bicyclic) bond motifs is 1. The quantitative estimate of drug-likeness (QED) is 0.592.